The van der Waals surface area contributed by atoms with Crippen molar-refractivity contribution in [1.29, 1.82) is 0 Å². The monoisotopic (exact) mass is 321 g/mol. The molecule has 19 heavy (non-hydrogen) atoms. The van der Waals surface area contributed by atoms with E-state index in [0.717, 1.165) is 34.5 Å². The van der Waals surface area contributed by atoms with Crippen molar-refractivity contribution in [2.24, 2.45) is 0 Å². The third kappa shape index (κ3) is 2.73. The summed E-state index contributed by atoms with van der Waals surface area (Å²) in [7, 11) is 0. The molecule has 2 nitrogen and oxygen atoms in total. The van der Waals surface area contributed by atoms with Crippen LogP contribution < -0.4 is 10.1 Å². The van der Waals surface area contributed by atoms with E-state index in [1.807, 2.05) is 12.1 Å². The van der Waals surface area contributed by atoms with Crippen LogP contribution >= 0.6 is 15.9 Å². The van der Waals surface area contributed by atoms with Crippen molar-refractivity contribution in [2.75, 3.05) is 11.9 Å². The second-order valence-corrected chi connectivity index (χ2v) is 5.43. The zero-order valence-corrected chi connectivity index (χ0v) is 11.8. The Morgan fingerprint density at radius 2 is 2.16 bits per heavy atom. The number of hydrogen-bond donors (Lipinski definition) is 1. The molecule has 1 aliphatic heterocycles. The molecule has 0 atom stereocenters. The van der Waals surface area contributed by atoms with Crippen LogP contribution in [-0.4, -0.2) is 6.61 Å². The maximum absolute atomic E-state index is 13.1. The second-order valence-electron chi connectivity index (χ2n) is 4.52. The second kappa shape index (κ2) is 5.21. The molecular weight excluding hydrogens is 309 g/mol. The van der Waals surface area contributed by atoms with E-state index in [1.165, 1.54) is 17.7 Å². The van der Waals surface area contributed by atoms with Crippen molar-refractivity contribution < 1.29 is 9.13 Å². The summed E-state index contributed by atoms with van der Waals surface area (Å²) in [5.41, 5.74) is 3.09. The predicted octanol–water partition coefficient (Wildman–Crippen LogP) is 4.14. The van der Waals surface area contributed by atoms with E-state index in [1.54, 1.807) is 6.07 Å². The Morgan fingerprint density at radius 1 is 1.26 bits per heavy atom. The molecule has 3 rings (SSSR count). The van der Waals surface area contributed by atoms with E-state index < -0.39 is 0 Å². The van der Waals surface area contributed by atoms with Gasteiger partial charge in [0.1, 0.15) is 11.6 Å². The average molecular weight is 322 g/mol. The van der Waals surface area contributed by atoms with Gasteiger partial charge in [0.2, 0.25) is 0 Å². The Labute approximate surface area is 119 Å². The number of fused-ring (bicyclic) bond motifs is 1. The molecule has 0 aliphatic carbocycles. The third-order valence-electron chi connectivity index (χ3n) is 3.13. The molecule has 0 unspecified atom stereocenters. The van der Waals surface area contributed by atoms with Gasteiger partial charge in [-0.1, -0.05) is 22.0 Å². The number of hydrogen-bond acceptors (Lipinski definition) is 2. The Morgan fingerprint density at radius 3 is 3.00 bits per heavy atom. The minimum Gasteiger partial charge on any atom is -0.493 e. The zero-order valence-electron chi connectivity index (χ0n) is 10.2. The fourth-order valence-corrected chi connectivity index (χ4v) is 2.83. The van der Waals surface area contributed by atoms with Gasteiger partial charge in [-0.25, -0.2) is 4.39 Å². The SMILES string of the molecule is Fc1cccc(NCc2cc(Br)cc3c2OCC3)c1. The van der Waals surface area contributed by atoms with Gasteiger partial charge in [-0.15, -0.1) is 0 Å². The highest BCUT2D eigenvalue weighted by molar-refractivity contribution is 9.10. The number of halogens is 2. The summed E-state index contributed by atoms with van der Waals surface area (Å²) < 4.78 is 19.8. The lowest BCUT2D eigenvalue weighted by Crippen LogP contribution is -2.02. The van der Waals surface area contributed by atoms with Crippen LogP contribution in [0.1, 0.15) is 11.1 Å². The first-order chi connectivity index (χ1) is 9.22. The summed E-state index contributed by atoms with van der Waals surface area (Å²) in [5, 5.41) is 3.22. The zero-order chi connectivity index (χ0) is 13.2. The van der Waals surface area contributed by atoms with E-state index in [0.29, 0.717) is 6.54 Å². The quantitative estimate of drug-likeness (QED) is 0.917. The first-order valence-electron chi connectivity index (χ1n) is 6.16. The van der Waals surface area contributed by atoms with Crippen LogP contribution in [0.15, 0.2) is 40.9 Å². The minimum absolute atomic E-state index is 0.235. The van der Waals surface area contributed by atoms with Crippen LogP contribution in [0.4, 0.5) is 10.1 Å². The number of benzene rings is 2. The molecule has 1 heterocycles. The van der Waals surface area contributed by atoms with Crippen LogP contribution in [-0.2, 0) is 13.0 Å². The Kier molecular flexibility index (Phi) is 3.42. The molecule has 1 aliphatic rings. The van der Waals surface area contributed by atoms with Gasteiger partial charge in [-0.05, 0) is 35.9 Å². The van der Waals surface area contributed by atoms with Crippen LogP contribution in [0.3, 0.4) is 0 Å². The van der Waals surface area contributed by atoms with Crippen molar-refractivity contribution in [3.8, 4) is 5.75 Å². The van der Waals surface area contributed by atoms with E-state index in [9.17, 15) is 4.39 Å². The lowest BCUT2D eigenvalue weighted by Gasteiger charge is -2.11. The standard InChI is InChI=1S/C15H13BrFNO/c16-12-6-10-4-5-19-15(10)11(7-12)9-18-14-3-1-2-13(17)8-14/h1-3,6-8,18H,4-5,9H2. The van der Waals surface area contributed by atoms with Gasteiger partial charge in [0, 0.05) is 28.7 Å². The molecule has 0 amide bonds. The highest BCUT2D eigenvalue weighted by Gasteiger charge is 2.17. The van der Waals surface area contributed by atoms with Gasteiger partial charge < -0.3 is 10.1 Å². The van der Waals surface area contributed by atoms with E-state index in [2.05, 4.69) is 27.3 Å². The molecule has 2 aromatic rings. The van der Waals surface area contributed by atoms with Gasteiger partial charge in [-0.3, -0.25) is 0 Å². The highest BCUT2D eigenvalue weighted by Crippen LogP contribution is 2.33. The molecule has 4 heteroatoms. The summed E-state index contributed by atoms with van der Waals surface area (Å²) in [6.07, 6.45) is 0.946. The molecular formula is C15H13BrFNO. The van der Waals surface area contributed by atoms with Gasteiger partial charge in [0.25, 0.3) is 0 Å². The number of nitrogens with one attached hydrogen (secondary N) is 1. The maximum atomic E-state index is 13.1. The normalized spacial score (nSPS) is 12.9. The fraction of sp³-hybridized carbons (Fsp3) is 0.200. The van der Waals surface area contributed by atoms with Gasteiger partial charge in [0.05, 0.1) is 6.61 Å². The topological polar surface area (TPSA) is 21.3 Å². The van der Waals surface area contributed by atoms with Crippen molar-refractivity contribution in [3.63, 3.8) is 0 Å². The summed E-state index contributed by atoms with van der Waals surface area (Å²) >= 11 is 3.51. The molecule has 98 valence electrons. The number of rotatable bonds is 3. The lowest BCUT2D eigenvalue weighted by atomic mass is 10.1. The molecule has 0 radical (unpaired) electrons. The van der Waals surface area contributed by atoms with Crippen molar-refractivity contribution >= 4 is 21.6 Å². The maximum Gasteiger partial charge on any atom is 0.127 e. The molecule has 0 aromatic heterocycles. The third-order valence-corrected chi connectivity index (χ3v) is 3.59. The fourth-order valence-electron chi connectivity index (χ4n) is 2.27. The van der Waals surface area contributed by atoms with Gasteiger partial charge in [0.15, 0.2) is 0 Å². The molecule has 0 saturated carbocycles. The van der Waals surface area contributed by atoms with Crippen molar-refractivity contribution in [3.05, 3.63) is 57.8 Å². The Balaban J connectivity index is 1.81. The van der Waals surface area contributed by atoms with E-state index in [4.69, 9.17) is 4.74 Å². The Hall–Kier alpha value is -1.55. The molecule has 0 saturated heterocycles. The van der Waals surface area contributed by atoms with Crippen LogP contribution in [0.2, 0.25) is 0 Å². The van der Waals surface area contributed by atoms with Crippen LogP contribution in [0, 0.1) is 5.82 Å². The highest BCUT2D eigenvalue weighted by atomic mass is 79.9. The Bertz CT molecular complexity index is 615. The molecule has 0 fully saturated rings. The van der Waals surface area contributed by atoms with Crippen molar-refractivity contribution in [1.82, 2.24) is 0 Å². The summed E-state index contributed by atoms with van der Waals surface area (Å²) in [6.45, 7) is 1.35. The molecule has 1 N–H and O–H groups in total. The number of anilines is 1. The lowest BCUT2D eigenvalue weighted by molar-refractivity contribution is 0.354. The summed E-state index contributed by atoms with van der Waals surface area (Å²) in [5.74, 6) is 0.729. The smallest absolute Gasteiger partial charge is 0.127 e. The summed E-state index contributed by atoms with van der Waals surface area (Å²) in [6, 6.07) is 10.6. The first-order valence-corrected chi connectivity index (χ1v) is 6.95. The van der Waals surface area contributed by atoms with E-state index >= 15 is 0 Å². The number of ether oxygens (including phenoxy) is 1. The predicted molar refractivity (Wildman–Crippen MR) is 77.1 cm³/mol. The summed E-state index contributed by atoms with van der Waals surface area (Å²) in [4.78, 5) is 0. The molecule has 2 aromatic carbocycles. The first kappa shape index (κ1) is 12.5. The van der Waals surface area contributed by atoms with Gasteiger partial charge in [-0.2, -0.15) is 0 Å². The molecule has 0 bridgehead atoms. The van der Waals surface area contributed by atoms with Crippen molar-refractivity contribution in [2.45, 2.75) is 13.0 Å². The average Bonchev–Trinajstić information content (AvgIpc) is 2.84. The van der Waals surface area contributed by atoms with Crippen LogP contribution in [0.5, 0.6) is 5.75 Å². The largest absolute Gasteiger partial charge is 0.493 e. The van der Waals surface area contributed by atoms with Crippen LogP contribution in [0.25, 0.3) is 0 Å². The molecule has 0 spiro atoms. The minimum atomic E-state index is -0.235. The van der Waals surface area contributed by atoms with E-state index in [-0.39, 0.29) is 5.82 Å². The van der Waals surface area contributed by atoms with Gasteiger partial charge >= 0.3 is 0 Å².